The van der Waals surface area contributed by atoms with Crippen molar-refractivity contribution in [2.45, 2.75) is 13.0 Å². The zero-order valence-electron chi connectivity index (χ0n) is 9.00. The minimum absolute atomic E-state index is 0.141. The van der Waals surface area contributed by atoms with Gasteiger partial charge in [0.05, 0.1) is 0 Å². The summed E-state index contributed by atoms with van der Waals surface area (Å²) >= 11 is 3.46. The van der Waals surface area contributed by atoms with Crippen LogP contribution >= 0.6 is 15.9 Å². The molecule has 1 fully saturated rings. The van der Waals surface area contributed by atoms with E-state index in [1.807, 2.05) is 24.3 Å². The van der Waals surface area contributed by atoms with Crippen LogP contribution in [0.5, 0.6) is 0 Å². The molecule has 4 heteroatoms. The third-order valence-electron chi connectivity index (χ3n) is 2.77. The fourth-order valence-electron chi connectivity index (χ4n) is 1.66. The first-order chi connectivity index (χ1) is 7.75. The number of carbonyl (C=O) groups excluding carboxylic acids is 1. The van der Waals surface area contributed by atoms with Crippen molar-refractivity contribution >= 4 is 21.8 Å². The van der Waals surface area contributed by atoms with Crippen LogP contribution in [0, 0.1) is 5.92 Å². The zero-order valence-corrected chi connectivity index (χ0v) is 10.6. The quantitative estimate of drug-likeness (QED) is 0.882. The van der Waals surface area contributed by atoms with E-state index in [1.165, 1.54) is 0 Å². The van der Waals surface area contributed by atoms with Gasteiger partial charge in [-0.2, -0.15) is 0 Å². The lowest BCUT2D eigenvalue weighted by Gasteiger charge is -2.26. The molecule has 2 N–H and O–H groups in total. The zero-order chi connectivity index (χ0) is 11.4. The lowest BCUT2D eigenvalue weighted by Crippen LogP contribution is -2.44. The second-order valence-corrected chi connectivity index (χ2v) is 4.95. The monoisotopic (exact) mass is 282 g/mol. The van der Waals surface area contributed by atoms with Crippen LogP contribution in [0.4, 0.5) is 0 Å². The van der Waals surface area contributed by atoms with Crippen molar-refractivity contribution in [1.82, 2.24) is 10.6 Å². The molecule has 1 amide bonds. The number of benzene rings is 1. The molecule has 2 rings (SSSR count). The third-order valence-corrected chi connectivity index (χ3v) is 3.55. The highest BCUT2D eigenvalue weighted by molar-refractivity contribution is 9.10. The minimum Gasteiger partial charge on any atom is -0.352 e. The lowest BCUT2D eigenvalue weighted by molar-refractivity contribution is -0.122. The summed E-state index contributed by atoms with van der Waals surface area (Å²) in [5.41, 5.74) is 1.11. The number of carbonyl (C=O) groups is 1. The highest BCUT2D eigenvalue weighted by Gasteiger charge is 2.19. The maximum atomic E-state index is 11.6. The van der Waals surface area contributed by atoms with Gasteiger partial charge in [0.2, 0.25) is 5.91 Å². The van der Waals surface area contributed by atoms with Crippen LogP contribution in [-0.4, -0.2) is 19.0 Å². The highest BCUT2D eigenvalue weighted by atomic mass is 79.9. The van der Waals surface area contributed by atoms with Gasteiger partial charge in [0.15, 0.2) is 0 Å². The van der Waals surface area contributed by atoms with Crippen molar-refractivity contribution in [3.8, 4) is 0 Å². The summed E-state index contributed by atoms with van der Waals surface area (Å²) < 4.78 is 1.04. The molecule has 0 saturated carbocycles. The Morgan fingerprint density at radius 1 is 1.44 bits per heavy atom. The summed E-state index contributed by atoms with van der Waals surface area (Å²) in [7, 11) is 0. The van der Waals surface area contributed by atoms with Crippen molar-refractivity contribution in [3.63, 3.8) is 0 Å². The Hall–Kier alpha value is -0.870. The number of halogens is 1. The van der Waals surface area contributed by atoms with Gasteiger partial charge in [-0.1, -0.05) is 34.1 Å². The second-order valence-electron chi connectivity index (χ2n) is 4.10. The Kier molecular flexibility index (Phi) is 3.96. The maximum Gasteiger partial charge on any atom is 0.220 e. The molecule has 0 aliphatic carbocycles. The summed E-state index contributed by atoms with van der Waals surface area (Å²) in [5, 5.41) is 6.10. The number of hydrogen-bond acceptors (Lipinski definition) is 2. The number of rotatable bonds is 4. The van der Waals surface area contributed by atoms with Gasteiger partial charge in [-0.3, -0.25) is 4.79 Å². The molecule has 0 radical (unpaired) electrons. The summed E-state index contributed by atoms with van der Waals surface area (Å²) in [4.78, 5) is 11.6. The van der Waals surface area contributed by atoms with E-state index in [2.05, 4.69) is 26.6 Å². The molecule has 1 aromatic rings. The first kappa shape index (κ1) is 11.6. The average Bonchev–Trinajstić information content (AvgIpc) is 2.22. The second kappa shape index (κ2) is 5.46. The standard InChI is InChI=1S/C12H15BrN2O/c13-11-4-2-1-3-10(11)8-15-12(16)5-9-6-14-7-9/h1-4,9,14H,5-8H2,(H,15,16). The van der Waals surface area contributed by atoms with Crippen LogP contribution < -0.4 is 10.6 Å². The molecule has 0 atom stereocenters. The van der Waals surface area contributed by atoms with Gasteiger partial charge >= 0.3 is 0 Å². The number of nitrogens with one attached hydrogen (secondary N) is 2. The van der Waals surface area contributed by atoms with Crippen molar-refractivity contribution in [2.24, 2.45) is 5.92 Å². The van der Waals surface area contributed by atoms with E-state index in [9.17, 15) is 4.79 Å². The van der Waals surface area contributed by atoms with E-state index in [-0.39, 0.29) is 5.91 Å². The van der Waals surface area contributed by atoms with Gasteiger partial charge in [-0.15, -0.1) is 0 Å². The number of hydrogen-bond donors (Lipinski definition) is 2. The van der Waals surface area contributed by atoms with Crippen molar-refractivity contribution in [2.75, 3.05) is 13.1 Å². The van der Waals surface area contributed by atoms with Crippen LogP contribution in [0.3, 0.4) is 0 Å². The smallest absolute Gasteiger partial charge is 0.220 e. The fraction of sp³-hybridized carbons (Fsp3) is 0.417. The van der Waals surface area contributed by atoms with Gasteiger partial charge < -0.3 is 10.6 Å². The number of amides is 1. The molecular formula is C12H15BrN2O. The molecule has 0 spiro atoms. The normalized spacial score (nSPS) is 15.6. The Morgan fingerprint density at radius 3 is 2.81 bits per heavy atom. The summed E-state index contributed by atoms with van der Waals surface area (Å²) in [6.07, 6.45) is 0.636. The SMILES string of the molecule is O=C(CC1CNC1)NCc1ccccc1Br. The van der Waals surface area contributed by atoms with Gasteiger partial charge in [-0.25, -0.2) is 0 Å². The van der Waals surface area contributed by atoms with Crippen LogP contribution in [-0.2, 0) is 11.3 Å². The summed E-state index contributed by atoms with van der Waals surface area (Å²) in [6, 6.07) is 7.93. The Labute approximate surface area is 104 Å². The molecule has 1 heterocycles. The van der Waals surface area contributed by atoms with Crippen LogP contribution in [0.15, 0.2) is 28.7 Å². The van der Waals surface area contributed by atoms with E-state index < -0.39 is 0 Å². The summed E-state index contributed by atoms with van der Waals surface area (Å²) in [6.45, 7) is 2.55. The van der Waals surface area contributed by atoms with E-state index in [1.54, 1.807) is 0 Å². The van der Waals surface area contributed by atoms with Crippen LogP contribution in [0.2, 0.25) is 0 Å². The Bertz CT molecular complexity index is 377. The third kappa shape index (κ3) is 3.06. The van der Waals surface area contributed by atoms with Crippen molar-refractivity contribution in [1.29, 1.82) is 0 Å². The lowest BCUT2D eigenvalue weighted by atomic mass is 9.99. The van der Waals surface area contributed by atoms with Gasteiger partial charge in [-0.05, 0) is 30.6 Å². The van der Waals surface area contributed by atoms with E-state index in [4.69, 9.17) is 0 Å². The fourth-order valence-corrected chi connectivity index (χ4v) is 2.09. The molecule has 86 valence electrons. The van der Waals surface area contributed by atoms with Gasteiger partial charge in [0.1, 0.15) is 0 Å². The van der Waals surface area contributed by atoms with E-state index >= 15 is 0 Å². The van der Waals surface area contributed by atoms with Crippen molar-refractivity contribution in [3.05, 3.63) is 34.3 Å². The molecule has 16 heavy (non-hydrogen) atoms. The molecule has 1 aromatic carbocycles. The highest BCUT2D eigenvalue weighted by Crippen LogP contribution is 2.15. The Morgan fingerprint density at radius 2 is 2.19 bits per heavy atom. The molecule has 1 saturated heterocycles. The maximum absolute atomic E-state index is 11.6. The largest absolute Gasteiger partial charge is 0.352 e. The van der Waals surface area contributed by atoms with Crippen molar-refractivity contribution < 1.29 is 4.79 Å². The van der Waals surface area contributed by atoms with E-state index in [0.29, 0.717) is 18.9 Å². The molecule has 3 nitrogen and oxygen atoms in total. The summed E-state index contributed by atoms with van der Waals surface area (Å²) in [5.74, 6) is 0.668. The molecule has 0 aromatic heterocycles. The molecule has 1 aliphatic rings. The molecule has 1 aliphatic heterocycles. The predicted octanol–water partition coefficient (Wildman–Crippen LogP) is 1.67. The first-order valence-electron chi connectivity index (χ1n) is 5.46. The van der Waals surface area contributed by atoms with E-state index in [0.717, 1.165) is 23.1 Å². The van der Waals surface area contributed by atoms with Crippen LogP contribution in [0.25, 0.3) is 0 Å². The Balaban J connectivity index is 1.78. The molecule has 0 bridgehead atoms. The van der Waals surface area contributed by atoms with Gasteiger partial charge in [0, 0.05) is 17.4 Å². The molecule has 0 unspecified atom stereocenters. The molecular weight excluding hydrogens is 268 g/mol. The first-order valence-corrected chi connectivity index (χ1v) is 6.26. The topological polar surface area (TPSA) is 41.1 Å². The van der Waals surface area contributed by atoms with Gasteiger partial charge in [0.25, 0.3) is 0 Å². The van der Waals surface area contributed by atoms with Crippen LogP contribution in [0.1, 0.15) is 12.0 Å². The predicted molar refractivity (Wildman–Crippen MR) is 67.0 cm³/mol. The average molecular weight is 283 g/mol. The minimum atomic E-state index is 0.141.